The second kappa shape index (κ2) is 4.77. The van der Waals surface area contributed by atoms with Gasteiger partial charge in [0.05, 0.1) is 11.8 Å². The molecule has 0 aromatic carbocycles. The molecule has 2 heterocycles. The lowest BCUT2D eigenvalue weighted by Gasteiger charge is -2.24. The fraction of sp³-hybridized carbons (Fsp3) is 0.727. The summed E-state index contributed by atoms with van der Waals surface area (Å²) in [6, 6.07) is 0.239. The van der Waals surface area contributed by atoms with Gasteiger partial charge in [-0.25, -0.2) is 0 Å². The quantitative estimate of drug-likeness (QED) is 0.823. The van der Waals surface area contributed by atoms with Crippen LogP contribution in [-0.4, -0.2) is 38.5 Å². The van der Waals surface area contributed by atoms with Crippen LogP contribution in [0.2, 0.25) is 0 Å². The van der Waals surface area contributed by atoms with Crippen LogP contribution in [0.15, 0.2) is 12.4 Å². The summed E-state index contributed by atoms with van der Waals surface area (Å²) in [6.07, 6.45) is 4.76. The molecule has 0 spiro atoms. The Morgan fingerprint density at radius 2 is 2.56 bits per heavy atom. The van der Waals surface area contributed by atoms with Crippen LogP contribution >= 0.6 is 11.8 Å². The first-order chi connectivity index (χ1) is 7.59. The van der Waals surface area contributed by atoms with E-state index >= 15 is 0 Å². The summed E-state index contributed by atoms with van der Waals surface area (Å²) in [5.74, 6) is 1.92. The first-order valence-electron chi connectivity index (χ1n) is 5.61. The summed E-state index contributed by atoms with van der Waals surface area (Å²) in [7, 11) is 1.91. The predicted octanol–water partition coefficient (Wildman–Crippen LogP) is 0.939. The van der Waals surface area contributed by atoms with E-state index in [2.05, 4.69) is 17.3 Å². The number of hydrogen-bond donors (Lipinski definition) is 2. The van der Waals surface area contributed by atoms with E-state index in [-0.39, 0.29) is 6.04 Å². The minimum Gasteiger partial charge on any atom is -0.388 e. The molecule has 1 aromatic rings. The number of rotatable bonds is 4. The summed E-state index contributed by atoms with van der Waals surface area (Å²) < 4.78 is 1.80. The van der Waals surface area contributed by atoms with Gasteiger partial charge in [0, 0.05) is 37.1 Å². The van der Waals surface area contributed by atoms with Crippen molar-refractivity contribution in [3.63, 3.8) is 0 Å². The maximum absolute atomic E-state index is 10.2. The Hall–Kier alpha value is -0.520. The molecule has 1 aromatic heterocycles. The lowest BCUT2D eigenvalue weighted by molar-refractivity contribution is 0.0651. The van der Waals surface area contributed by atoms with E-state index in [0.717, 1.165) is 23.5 Å². The molecule has 0 bridgehead atoms. The summed E-state index contributed by atoms with van der Waals surface area (Å²) in [5.41, 5.74) is 0.651. The molecule has 2 atom stereocenters. The summed E-state index contributed by atoms with van der Waals surface area (Å²) >= 11 is 1.83. The van der Waals surface area contributed by atoms with Crippen LogP contribution in [-0.2, 0) is 7.05 Å². The largest absolute Gasteiger partial charge is 0.388 e. The molecule has 16 heavy (non-hydrogen) atoms. The van der Waals surface area contributed by atoms with Gasteiger partial charge in [-0.1, -0.05) is 0 Å². The predicted molar refractivity (Wildman–Crippen MR) is 66.5 cm³/mol. The van der Waals surface area contributed by atoms with Gasteiger partial charge in [0.2, 0.25) is 0 Å². The third-order valence-corrected chi connectivity index (χ3v) is 4.28. The Bertz CT molecular complexity index is 347. The van der Waals surface area contributed by atoms with Crippen molar-refractivity contribution in [1.29, 1.82) is 0 Å². The SMILES string of the molecule is CC(NCC1(O)CCSC1)c1cnn(C)c1. The number of aliphatic hydroxyl groups is 1. The van der Waals surface area contributed by atoms with E-state index in [9.17, 15) is 5.11 Å². The number of aryl methyl sites for hydroxylation is 1. The molecule has 1 aliphatic rings. The van der Waals surface area contributed by atoms with Crippen molar-refractivity contribution < 1.29 is 5.11 Å². The summed E-state index contributed by atoms with van der Waals surface area (Å²) in [6.45, 7) is 2.76. The lowest BCUT2D eigenvalue weighted by Crippen LogP contribution is -2.41. The monoisotopic (exact) mass is 241 g/mol. The number of aromatic nitrogens is 2. The van der Waals surface area contributed by atoms with Crippen LogP contribution in [0.5, 0.6) is 0 Å². The molecule has 0 aliphatic carbocycles. The average molecular weight is 241 g/mol. The Morgan fingerprint density at radius 3 is 3.12 bits per heavy atom. The number of thioether (sulfide) groups is 1. The van der Waals surface area contributed by atoms with Gasteiger partial charge < -0.3 is 10.4 Å². The van der Waals surface area contributed by atoms with E-state index < -0.39 is 5.60 Å². The van der Waals surface area contributed by atoms with Crippen molar-refractivity contribution in [3.8, 4) is 0 Å². The number of nitrogens with zero attached hydrogens (tertiary/aromatic N) is 2. The standard InChI is InChI=1S/C11H19N3OS/c1-9(10-5-13-14(2)6-10)12-7-11(15)3-4-16-8-11/h5-6,9,12,15H,3-4,7-8H2,1-2H3. The third-order valence-electron chi connectivity index (χ3n) is 3.04. The van der Waals surface area contributed by atoms with Gasteiger partial charge in [-0.15, -0.1) is 0 Å². The Morgan fingerprint density at radius 1 is 1.75 bits per heavy atom. The second-order valence-corrected chi connectivity index (χ2v) is 5.68. The first kappa shape index (κ1) is 12.0. The molecule has 0 radical (unpaired) electrons. The first-order valence-corrected chi connectivity index (χ1v) is 6.77. The zero-order chi connectivity index (χ0) is 11.6. The number of hydrogen-bond acceptors (Lipinski definition) is 4. The van der Waals surface area contributed by atoms with Crippen molar-refractivity contribution in [3.05, 3.63) is 18.0 Å². The molecule has 1 aliphatic heterocycles. The van der Waals surface area contributed by atoms with Crippen molar-refractivity contribution in [2.45, 2.75) is 25.0 Å². The van der Waals surface area contributed by atoms with E-state index in [1.807, 2.05) is 31.2 Å². The van der Waals surface area contributed by atoms with Crippen LogP contribution in [0, 0.1) is 0 Å². The third kappa shape index (κ3) is 2.78. The normalized spacial score (nSPS) is 27.2. The van der Waals surface area contributed by atoms with Gasteiger partial charge in [-0.3, -0.25) is 4.68 Å². The molecule has 90 valence electrons. The maximum atomic E-state index is 10.2. The molecular weight excluding hydrogens is 222 g/mol. The molecule has 4 nitrogen and oxygen atoms in total. The zero-order valence-corrected chi connectivity index (χ0v) is 10.6. The van der Waals surface area contributed by atoms with Crippen LogP contribution < -0.4 is 5.32 Å². The van der Waals surface area contributed by atoms with E-state index in [1.165, 1.54) is 0 Å². The van der Waals surface area contributed by atoms with Gasteiger partial charge in [-0.2, -0.15) is 16.9 Å². The lowest BCUT2D eigenvalue weighted by atomic mass is 10.0. The molecule has 2 N–H and O–H groups in total. The molecule has 1 saturated heterocycles. The minimum atomic E-state index is -0.513. The van der Waals surface area contributed by atoms with Crippen molar-refractivity contribution in [2.24, 2.45) is 7.05 Å². The van der Waals surface area contributed by atoms with Gasteiger partial charge in [0.15, 0.2) is 0 Å². The van der Waals surface area contributed by atoms with Crippen LogP contribution in [0.4, 0.5) is 0 Å². The molecule has 0 saturated carbocycles. The van der Waals surface area contributed by atoms with Gasteiger partial charge in [0.25, 0.3) is 0 Å². The van der Waals surface area contributed by atoms with Crippen LogP contribution in [0.1, 0.15) is 24.9 Å². The van der Waals surface area contributed by atoms with Crippen LogP contribution in [0.25, 0.3) is 0 Å². The van der Waals surface area contributed by atoms with Gasteiger partial charge in [-0.05, 0) is 19.1 Å². The fourth-order valence-corrected chi connectivity index (χ4v) is 3.16. The van der Waals surface area contributed by atoms with E-state index in [4.69, 9.17) is 0 Å². The van der Waals surface area contributed by atoms with Crippen LogP contribution in [0.3, 0.4) is 0 Å². The molecule has 1 fully saturated rings. The Kier molecular flexibility index (Phi) is 3.56. The highest BCUT2D eigenvalue weighted by atomic mass is 32.2. The maximum Gasteiger partial charge on any atom is 0.0869 e. The highest BCUT2D eigenvalue weighted by Gasteiger charge is 2.31. The molecule has 2 unspecified atom stereocenters. The summed E-state index contributed by atoms with van der Waals surface area (Å²) in [4.78, 5) is 0. The molecule has 0 amide bonds. The number of nitrogens with one attached hydrogen (secondary N) is 1. The van der Waals surface area contributed by atoms with Crippen molar-refractivity contribution >= 4 is 11.8 Å². The fourth-order valence-electron chi connectivity index (χ4n) is 1.86. The van der Waals surface area contributed by atoms with Crippen molar-refractivity contribution in [2.75, 3.05) is 18.1 Å². The summed E-state index contributed by atoms with van der Waals surface area (Å²) in [5, 5.41) is 17.7. The molecular formula is C11H19N3OS. The smallest absolute Gasteiger partial charge is 0.0869 e. The zero-order valence-electron chi connectivity index (χ0n) is 9.81. The average Bonchev–Trinajstić information content (AvgIpc) is 2.85. The Balaban J connectivity index is 1.86. The highest BCUT2D eigenvalue weighted by Crippen LogP contribution is 2.27. The minimum absolute atomic E-state index is 0.239. The Labute approximate surface area is 100 Å². The van der Waals surface area contributed by atoms with Gasteiger partial charge in [0.1, 0.15) is 0 Å². The topological polar surface area (TPSA) is 50.1 Å². The van der Waals surface area contributed by atoms with Gasteiger partial charge >= 0.3 is 0 Å². The molecule has 2 rings (SSSR count). The second-order valence-electron chi connectivity index (χ2n) is 4.58. The van der Waals surface area contributed by atoms with E-state index in [0.29, 0.717) is 6.54 Å². The molecule has 5 heteroatoms. The van der Waals surface area contributed by atoms with E-state index in [1.54, 1.807) is 4.68 Å². The van der Waals surface area contributed by atoms with Crippen molar-refractivity contribution in [1.82, 2.24) is 15.1 Å². The highest BCUT2D eigenvalue weighted by molar-refractivity contribution is 7.99.